The van der Waals surface area contributed by atoms with Gasteiger partial charge in [0.05, 0.1) is 11.9 Å². The molecular weight excluding hydrogens is 197 g/mol. The SMILES string of the molecule is CC(=O)c1cn(-c2cccc(F)c2)nn1. The summed E-state index contributed by atoms with van der Waals surface area (Å²) in [5, 5.41) is 7.39. The Morgan fingerprint density at radius 2 is 2.27 bits per heavy atom. The summed E-state index contributed by atoms with van der Waals surface area (Å²) >= 11 is 0. The summed E-state index contributed by atoms with van der Waals surface area (Å²) in [5.74, 6) is -0.523. The Labute approximate surface area is 85.3 Å². The lowest BCUT2D eigenvalue weighted by Crippen LogP contribution is -1.95. The van der Waals surface area contributed by atoms with E-state index in [1.807, 2.05) is 0 Å². The number of nitrogens with zero attached hydrogens (tertiary/aromatic N) is 3. The summed E-state index contributed by atoms with van der Waals surface area (Å²) in [6.45, 7) is 1.40. The molecule has 0 spiro atoms. The fourth-order valence-corrected chi connectivity index (χ4v) is 1.17. The van der Waals surface area contributed by atoms with Crippen LogP contribution < -0.4 is 0 Å². The van der Waals surface area contributed by atoms with Crippen molar-refractivity contribution in [2.24, 2.45) is 0 Å². The molecule has 15 heavy (non-hydrogen) atoms. The van der Waals surface area contributed by atoms with Crippen molar-refractivity contribution in [3.8, 4) is 5.69 Å². The van der Waals surface area contributed by atoms with Crippen molar-refractivity contribution in [1.29, 1.82) is 0 Å². The molecule has 5 heteroatoms. The van der Waals surface area contributed by atoms with Crippen LogP contribution in [0.15, 0.2) is 30.5 Å². The number of hydrogen-bond donors (Lipinski definition) is 0. The van der Waals surface area contributed by atoms with Crippen LogP contribution in [0.2, 0.25) is 0 Å². The summed E-state index contributed by atoms with van der Waals surface area (Å²) in [5.41, 5.74) is 0.800. The maximum Gasteiger partial charge on any atom is 0.181 e. The van der Waals surface area contributed by atoms with Gasteiger partial charge in [-0.3, -0.25) is 4.79 Å². The molecule has 4 nitrogen and oxygen atoms in total. The van der Waals surface area contributed by atoms with Gasteiger partial charge in [-0.05, 0) is 18.2 Å². The van der Waals surface area contributed by atoms with Crippen molar-refractivity contribution >= 4 is 5.78 Å². The molecule has 0 unspecified atom stereocenters. The lowest BCUT2D eigenvalue weighted by molar-refractivity contribution is 0.101. The van der Waals surface area contributed by atoms with E-state index in [1.54, 1.807) is 12.1 Å². The van der Waals surface area contributed by atoms with Gasteiger partial charge in [-0.1, -0.05) is 11.3 Å². The predicted molar refractivity (Wildman–Crippen MR) is 51.3 cm³/mol. The highest BCUT2D eigenvalue weighted by molar-refractivity contribution is 5.91. The van der Waals surface area contributed by atoms with Gasteiger partial charge in [-0.15, -0.1) is 5.10 Å². The maximum absolute atomic E-state index is 12.9. The second kappa shape index (κ2) is 3.61. The predicted octanol–water partition coefficient (Wildman–Crippen LogP) is 1.61. The van der Waals surface area contributed by atoms with Crippen molar-refractivity contribution in [3.63, 3.8) is 0 Å². The van der Waals surface area contributed by atoms with Crippen LogP contribution in [0.1, 0.15) is 17.4 Å². The largest absolute Gasteiger partial charge is 0.293 e. The molecule has 1 aromatic heterocycles. The molecule has 1 heterocycles. The molecule has 0 bridgehead atoms. The van der Waals surface area contributed by atoms with Gasteiger partial charge in [0.2, 0.25) is 0 Å². The van der Waals surface area contributed by atoms with Crippen LogP contribution in [-0.4, -0.2) is 20.8 Å². The number of benzene rings is 1. The third kappa shape index (κ3) is 1.90. The van der Waals surface area contributed by atoms with Crippen LogP contribution in [0.25, 0.3) is 5.69 Å². The fraction of sp³-hybridized carbons (Fsp3) is 0.100. The molecule has 0 aliphatic carbocycles. The highest BCUT2D eigenvalue weighted by Crippen LogP contribution is 2.08. The van der Waals surface area contributed by atoms with Gasteiger partial charge >= 0.3 is 0 Å². The van der Waals surface area contributed by atoms with Crippen LogP contribution >= 0.6 is 0 Å². The number of aromatic nitrogens is 3. The highest BCUT2D eigenvalue weighted by atomic mass is 19.1. The number of rotatable bonds is 2. The zero-order chi connectivity index (χ0) is 10.8. The normalized spacial score (nSPS) is 10.3. The Morgan fingerprint density at radius 1 is 1.47 bits per heavy atom. The smallest absolute Gasteiger partial charge is 0.181 e. The Morgan fingerprint density at radius 3 is 2.87 bits per heavy atom. The van der Waals surface area contributed by atoms with Crippen molar-refractivity contribution in [3.05, 3.63) is 42.0 Å². The van der Waals surface area contributed by atoms with Crippen LogP contribution in [0.4, 0.5) is 4.39 Å². The standard InChI is InChI=1S/C10H8FN3O/c1-7(15)10-6-14(13-12-10)9-4-2-3-8(11)5-9/h2-6H,1H3. The minimum Gasteiger partial charge on any atom is -0.293 e. The number of carbonyl (C=O) groups is 1. The first-order valence-corrected chi connectivity index (χ1v) is 4.36. The molecule has 0 amide bonds. The fourth-order valence-electron chi connectivity index (χ4n) is 1.17. The third-order valence-electron chi connectivity index (χ3n) is 1.93. The van der Waals surface area contributed by atoms with Gasteiger partial charge in [0.15, 0.2) is 5.78 Å². The van der Waals surface area contributed by atoms with Gasteiger partial charge in [-0.2, -0.15) is 0 Å². The average Bonchev–Trinajstić information content (AvgIpc) is 2.66. The van der Waals surface area contributed by atoms with E-state index in [0.29, 0.717) is 5.69 Å². The van der Waals surface area contributed by atoms with Crippen LogP contribution in [0.3, 0.4) is 0 Å². The molecule has 0 aliphatic rings. The van der Waals surface area contributed by atoms with Gasteiger partial charge in [0.25, 0.3) is 0 Å². The Balaban J connectivity index is 2.41. The van der Waals surface area contributed by atoms with E-state index in [-0.39, 0.29) is 17.3 Å². The molecule has 0 aliphatic heterocycles. The molecule has 76 valence electrons. The summed E-state index contributed by atoms with van der Waals surface area (Å²) < 4.78 is 14.3. The van der Waals surface area contributed by atoms with Crippen molar-refractivity contribution < 1.29 is 9.18 Å². The summed E-state index contributed by atoms with van der Waals surface area (Å²) in [6, 6.07) is 5.91. The average molecular weight is 205 g/mol. The maximum atomic E-state index is 12.9. The Hall–Kier alpha value is -2.04. The van der Waals surface area contributed by atoms with Gasteiger partial charge in [0, 0.05) is 6.92 Å². The van der Waals surface area contributed by atoms with Crippen LogP contribution in [0.5, 0.6) is 0 Å². The first-order chi connectivity index (χ1) is 7.16. The first-order valence-electron chi connectivity index (χ1n) is 4.36. The molecule has 2 aromatic rings. The number of carbonyl (C=O) groups excluding carboxylic acids is 1. The van der Waals surface area contributed by atoms with Gasteiger partial charge in [0.1, 0.15) is 11.5 Å². The summed E-state index contributed by atoms with van der Waals surface area (Å²) in [6.07, 6.45) is 1.47. The highest BCUT2D eigenvalue weighted by Gasteiger charge is 2.06. The van der Waals surface area contributed by atoms with Crippen LogP contribution in [-0.2, 0) is 0 Å². The molecule has 0 saturated heterocycles. The van der Waals surface area contributed by atoms with Crippen molar-refractivity contribution in [1.82, 2.24) is 15.0 Å². The molecule has 0 fully saturated rings. The number of hydrogen-bond acceptors (Lipinski definition) is 3. The molecule has 0 N–H and O–H groups in total. The number of Topliss-reactive ketones (excluding diaryl/α,β-unsaturated/α-hetero) is 1. The van der Waals surface area contributed by atoms with E-state index >= 15 is 0 Å². The zero-order valence-electron chi connectivity index (χ0n) is 8.01. The number of ketones is 1. The van der Waals surface area contributed by atoms with E-state index in [0.717, 1.165) is 0 Å². The molecule has 0 atom stereocenters. The van der Waals surface area contributed by atoms with Crippen molar-refractivity contribution in [2.45, 2.75) is 6.92 Å². The number of halogens is 1. The lowest BCUT2D eigenvalue weighted by atomic mass is 10.3. The molecule has 2 rings (SSSR count). The molecule has 0 saturated carbocycles. The monoisotopic (exact) mass is 205 g/mol. The molecule has 1 aromatic carbocycles. The van der Waals surface area contributed by atoms with E-state index in [4.69, 9.17) is 0 Å². The van der Waals surface area contributed by atoms with E-state index < -0.39 is 0 Å². The minimum absolute atomic E-state index is 0.169. The zero-order valence-corrected chi connectivity index (χ0v) is 8.01. The second-order valence-corrected chi connectivity index (χ2v) is 3.08. The van der Waals surface area contributed by atoms with E-state index in [1.165, 1.54) is 29.9 Å². The Kier molecular flexibility index (Phi) is 2.29. The van der Waals surface area contributed by atoms with E-state index in [9.17, 15) is 9.18 Å². The van der Waals surface area contributed by atoms with Gasteiger partial charge < -0.3 is 0 Å². The lowest BCUT2D eigenvalue weighted by Gasteiger charge is -1.98. The quantitative estimate of drug-likeness (QED) is 0.700. The molecular formula is C10H8FN3O. The summed E-state index contributed by atoms with van der Waals surface area (Å²) in [4.78, 5) is 11.0. The minimum atomic E-state index is -0.354. The third-order valence-corrected chi connectivity index (χ3v) is 1.93. The topological polar surface area (TPSA) is 47.8 Å². The van der Waals surface area contributed by atoms with E-state index in [2.05, 4.69) is 10.3 Å². The Bertz CT molecular complexity index is 507. The van der Waals surface area contributed by atoms with Crippen LogP contribution in [0, 0.1) is 5.82 Å². The molecule has 0 radical (unpaired) electrons. The summed E-state index contributed by atoms with van der Waals surface area (Å²) in [7, 11) is 0. The second-order valence-electron chi connectivity index (χ2n) is 3.08. The first kappa shape index (κ1) is 9.51. The van der Waals surface area contributed by atoms with Gasteiger partial charge in [-0.25, -0.2) is 9.07 Å². The van der Waals surface area contributed by atoms with Crippen molar-refractivity contribution in [2.75, 3.05) is 0 Å².